The number of nitrogens with zero attached hydrogens (tertiary/aromatic N) is 3. The third-order valence-corrected chi connectivity index (χ3v) is 3.80. The Morgan fingerprint density at radius 2 is 2.11 bits per heavy atom. The van der Waals surface area contributed by atoms with Crippen molar-refractivity contribution >= 4 is 16.8 Å². The number of Topliss-reactive ketones (excluding diaryl/α,β-unsaturated/α-hetero) is 1. The highest BCUT2D eigenvalue weighted by molar-refractivity contribution is 6.08. The van der Waals surface area contributed by atoms with E-state index >= 15 is 0 Å². The Morgan fingerprint density at radius 1 is 1.21 bits per heavy atom. The second-order valence-corrected chi connectivity index (χ2v) is 4.94. The molecule has 0 aliphatic carbocycles. The molecule has 1 aliphatic rings. The predicted octanol–water partition coefficient (Wildman–Crippen LogP) is 2.63. The number of carbonyl (C=O) groups is 1. The van der Waals surface area contributed by atoms with E-state index in [9.17, 15) is 4.79 Å². The minimum Gasteiger partial charge on any atom is -0.348 e. The highest BCUT2D eigenvalue weighted by Gasteiger charge is 2.24. The molecule has 1 aliphatic heterocycles. The van der Waals surface area contributed by atoms with Gasteiger partial charge in [0.25, 0.3) is 0 Å². The molecule has 0 saturated carbocycles. The molecule has 94 valence electrons. The molecule has 3 heterocycles. The Morgan fingerprint density at radius 3 is 2.89 bits per heavy atom. The molecule has 0 N–H and O–H groups in total. The van der Waals surface area contributed by atoms with Gasteiger partial charge in [-0.25, -0.2) is 4.98 Å². The molecule has 4 nitrogen and oxygen atoms in total. The van der Waals surface area contributed by atoms with Crippen LogP contribution in [-0.2, 0) is 13.6 Å². The Hall–Kier alpha value is -2.36. The summed E-state index contributed by atoms with van der Waals surface area (Å²) in [4.78, 5) is 16.7. The maximum Gasteiger partial charge on any atom is 0.166 e. The third-order valence-electron chi connectivity index (χ3n) is 3.80. The van der Waals surface area contributed by atoms with Crippen LogP contribution in [0.2, 0.25) is 0 Å². The van der Waals surface area contributed by atoms with Gasteiger partial charge < -0.3 is 9.13 Å². The van der Waals surface area contributed by atoms with Gasteiger partial charge in [-0.1, -0.05) is 6.07 Å². The standard InChI is InChI=1S/C15H13N3O/c1-17-8-3-6-12(17)15-16-11-5-2-4-10-13(19)7-9-18(15)14(10)11/h2-6,8H,7,9H2,1H3. The molecule has 4 heteroatoms. The third kappa shape index (κ3) is 1.34. The normalized spacial score (nSPS) is 14.3. The lowest BCUT2D eigenvalue weighted by atomic mass is 10.0. The molecule has 0 radical (unpaired) electrons. The van der Waals surface area contributed by atoms with E-state index in [4.69, 9.17) is 4.98 Å². The van der Waals surface area contributed by atoms with Crippen LogP contribution in [0.15, 0.2) is 36.5 Å². The molecular weight excluding hydrogens is 238 g/mol. The molecule has 4 rings (SSSR count). The lowest BCUT2D eigenvalue weighted by molar-refractivity contribution is 0.0973. The van der Waals surface area contributed by atoms with Crippen molar-refractivity contribution in [2.24, 2.45) is 7.05 Å². The summed E-state index contributed by atoms with van der Waals surface area (Å²) < 4.78 is 4.22. The van der Waals surface area contributed by atoms with Crippen LogP contribution in [0, 0.1) is 0 Å². The van der Waals surface area contributed by atoms with Crippen LogP contribution in [0.25, 0.3) is 22.6 Å². The van der Waals surface area contributed by atoms with Gasteiger partial charge in [-0.15, -0.1) is 0 Å². The molecule has 0 amide bonds. The van der Waals surface area contributed by atoms with Gasteiger partial charge in [0, 0.05) is 31.8 Å². The second kappa shape index (κ2) is 3.57. The molecule has 3 aromatic rings. The van der Waals surface area contributed by atoms with E-state index in [1.807, 2.05) is 37.5 Å². The van der Waals surface area contributed by atoms with Crippen molar-refractivity contribution in [2.75, 3.05) is 0 Å². The fourth-order valence-electron chi connectivity index (χ4n) is 2.87. The van der Waals surface area contributed by atoms with E-state index in [0.717, 1.165) is 28.1 Å². The number of rotatable bonds is 1. The zero-order valence-corrected chi connectivity index (χ0v) is 10.6. The Bertz CT molecular complexity index is 810. The lowest BCUT2D eigenvalue weighted by Crippen LogP contribution is -2.15. The van der Waals surface area contributed by atoms with Crippen molar-refractivity contribution in [1.29, 1.82) is 0 Å². The summed E-state index contributed by atoms with van der Waals surface area (Å²) in [6.07, 6.45) is 2.57. The first-order valence-electron chi connectivity index (χ1n) is 6.40. The van der Waals surface area contributed by atoms with Gasteiger partial charge in [0.05, 0.1) is 16.7 Å². The summed E-state index contributed by atoms with van der Waals surface area (Å²) in [7, 11) is 2.01. The Labute approximate surface area is 110 Å². The lowest BCUT2D eigenvalue weighted by Gasteiger charge is -2.15. The van der Waals surface area contributed by atoms with E-state index in [-0.39, 0.29) is 5.78 Å². The van der Waals surface area contributed by atoms with Crippen molar-refractivity contribution in [3.05, 3.63) is 42.1 Å². The summed E-state index contributed by atoms with van der Waals surface area (Å²) in [5.41, 5.74) is 3.77. The van der Waals surface area contributed by atoms with Crippen LogP contribution in [0.4, 0.5) is 0 Å². The van der Waals surface area contributed by atoms with Gasteiger partial charge >= 0.3 is 0 Å². The molecular formula is C15H13N3O. The maximum atomic E-state index is 12.0. The molecule has 1 aromatic carbocycles. The summed E-state index contributed by atoms with van der Waals surface area (Å²) in [6.45, 7) is 0.715. The largest absolute Gasteiger partial charge is 0.348 e. The zero-order chi connectivity index (χ0) is 13.0. The van der Waals surface area contributed by atoms with Crippen LogP contribution in [-0.4, -0.2) is 19.9 Å². The van der Waals surface area contributed by atoms with Crippen molar-refractivity contribution in [1.82, 2.24) is 14.1 Å². The van der Waals surface area contributed by atoms with Crippen LogP contribution in [0.1, 0.15) is 16.8 Å². The number of ketones is 1. The topological polar surface area (TPSA) is 39.8 Å². The number of aromatic nitrogens is 3. The molecule has 0 atom stereocenters. The molecule has 0 spiro atoms. The number of imidazole rings is 1. The first-order chi connectivity index (χ1) is 9.25. The van der Waals surface area contributed by atoms with E-state index in [0.29, 0.717) is 13.0 Å². The van der Waals surface area contributed by atoms with Gasteiger partial charge in [0.1, 0.15) is 0 Å². The van der Waals surface area contributed by atoms with E-state index in [1.165, 1.54) is 0 Å². The average molecular weight is 251 g/mol. The van der Waals surface area contributed by atoms with Crippen molar-refractivity contribution < 1.29 is 4.79 Å². The SMILES string of the molecule is Cn1cccc1-c1nc2cccc3c2n1CCC3=O. The van der Waals surface area contributed by atoms with Gasteiger partial charge in [-0.05, 0) is 24.3 Å². The van der Waals surface area contributed by atoms with Crippen molar-refractivity contribution in [2.45, 2.75) is 13.0 Å². The summed E-state index contributed by atoms with van der Waals surface area (Å²) in [6, 6.07) is 9.85. The number of hydrogen-bond acceptors (Lipinski definition) is 2. The predicted molar refractivity (Wildman–Crippen MR) is 73.1 cm³/mol. The Kier molecular flexibility index (Phi) is 1.98. The summed E-state index contributed by atoms with van der Waals surface area (Å²) in [5.74, 6) is 1.17. The van der Waals surface area contributed by atoms with Crippen LogP contribution >= 0.6 is 0 Å². The first kappa shape index (κ1) is 10.6. The highest BCUT2D eigenvalue weighted by atomic mass is 16.1. The van der Waals surface area contributed by atoms with Gasteiger partial charge in [0.15, 0.2) is 11.6 Å². The van der Waals surface area contributed by atoms with E-state index in [1.54, 1.807) is 0 Å². The van der Waals surface area contributed by atoms with Gasteiger partial charge in [-0.2, -0.15) is 0 Å². The van der Waals surface area contributed by atoms with Crippen LogP contribution in [0.5, 0.6) is 0 Å². The quantitative estimate of drug-likeness (QED) is 0.667. The van der Waals surface area contributed by atoms with Crippen molar-refractivity contribution in [3.8, 4) is 11.5 Å². The summed E-state index contributed by atoms with van der Waals surface area (Å²) >= 11 is 0. The van der Waals surface area contributed by atoms with E-state index in [2.05, 4.69) is 15.2 Å². The second-order valence-electron chi connectivity index (χ2n) is 4.94. The number of para-hydroxylation sites is 1. The number of hydrogen-bond donors (Lipinski definition) is 0. The molecule has 0 unspecified atom stereocenters. The van der Waals surface area contributed by atoms with Crippen LogP contribution in [0.3, 0.4) is 0 Å². The molecule has 0 bridgehead atoms. The average Bonchev–Trinajstić information content (AvgIpc) is 2.98. The molecule has 2 aromatic heterocycles. The fourth-order valence-corrected chi connectivity index (χ4v) is 2.87. The minimum atomic E-state index is 0.219. The van der Waals surface area contributed by atoms with Gasteiger partial charge in [-0.3, -0.25) is 4.79 Å². The monoisotopic (exact) mass is 251 g/mol. The number of aryl methyl sites for hydroxylation is 2. The summed E-state index contributed by atoms with van der Waals surface area (Å²) in [5, 5.41) is 0. The van der Waals surface area contributed by atoms with Crippen LogP contribution < -0.4 is 0 Å². The minimum absolute atomic E-state index is 0.219. The number of benzene rings is 1. The zero-order valence-electron chi connectivity index (χ0n) is 10.6. The fraction of sp³-hybridized carbons (Fsp3) is 0.200. The maximum absolute atomic E-state index is 12.0. The smallest absolute Gasteiger partial charge is 0.166 e. The Balaban J connectivity index is 2.11. The molecule has 0 saturated heterocycles. The highest BCUT2D eigenvalue weighted by Crippen LogP contribution is 2.30. The van der Waals surface area contributed by atoms with E-state index < -0.39 is 0 Å². The van der Waals surface area contributed by atoms with Crippen molar-refractivity contribution in [3.63, 3.8) is 0 Å². The first-order valence-corrected chi connectivity index (χ1v) is 6.40. The molecule has 0 fully saturated rings. The number of carbonyl (C=O) groups excluding carboxylic acids is 1. The van der Waals surface area contributed by atoms with Gasteiger partial charge in [0.2, 0.25) is 0 Å². The molecule has 19 heavy (non-hydrogen) atoms.